The topological polar surface area (TPSA) is 49.2 Å². The maximum absolute atomic E-state index is 7.90. The van der Waals surface area contributed by atoms with Gasteiger partial charge in [-0.2, -0.15) is 6.07 Å². The van der Waals surface area contributed by atoms with E-state index < -0.39 is 6.85 Å². The van der Waals surface area contributed by atoms with Gasteiger partial charge in [-0.3, -0.25) is 9.83 Å². The molecule has 4 aromatic carbocycles. The predicted molar refractivity (Wildman–Crippen MR) is 166 cm³/mol. The summed E-state index contributed by atoms with van der Waals surface area (Å²) in [4.78, 5) is 12.8. The molecule has 0 aliphatic rings. The summed E-state index contributed by atoms with van der Waals surface area (Å²) < 4.78 is 33.9. The second kappa shape index (κ2) is 11.4. The average molecular weight is 742 g/mol. The largest absolute Gasteiger partial charge is 2.00 e. The summed E-state index contributed by atoms with van der Waals surface area (Å²) in [5, 5.41) is 1.88. The summed E-state index contributed by atoms with van der Waals surface area (Å²) in [5.41, 5.74) is 5.96. The van der Waals surface area contributed by atoms with Gasteiger partial charge in [0.25, 0.3) is 0 Å². The van der Waals surface area contributed by atoms with Crippen LogP contribution in [0.2, 0.25) is 0 Å². The summed E-state index contributed by atoms with van der Waals surface area (Å²) >= 11 is 0. The minimum absolute atomic E-state index is 0. The van der Waals surface area contributed by atoms with E-state index in [1.54, 1.807) is 24.4 Å². The summed E-state index contributed by atoms with van der Waals surface area (Å²) in [5.74, 6) is 1.85. The molecule has 0 amide bonds. The Balaban J connectivity index is 0.00000372. The van der Waals surface area contributed by atoms with Gasteiger partial charge in [0.15, 0.2) is 0 Å². The Morgan fingerprint density at radius 1 is 0.860 bits per heavy atom. The Bertz CT molecular complexity index is 2280. The van der Waals surface area contributed by atoms with Crippen molar-refractivity contribution in [2.24, 2.45) is 0 Å². The van der Waals surface area contributed by atoms with Gasteiger partial charge in [0.2, 0.25) is 0 Å². The third kappa shape index (κ3) is 5.03. The van der Waals surface area contributed by atoms with E-state index in [1.807, 2.05) is 57.8 Å². The Hall–Kier alpha value is -4.98. The standard InChI is InChI=1S/C36H25N5O.Pt/c1-23-14-15-38-34(18-23)41-32-11-6-5-10-30(32)31-13-12-28(22-33(31)41)42-29-20-26(19-27(21-29)37-4)36-39-16-17-40(36)35-24(2)8-7-9-25(35)3;/h5-19,21H,1-3H3;/q-2;+2/i1D3;. The molecule has 0 spiro atoms. The molecule has 7 aromatic rings. The van der Waals surface area contributed by atoms with E-state index in [2.05, 4.69) is 52.9 Å². The number of imidazole rings is 1. The third-order valence-corrected chi connectivity index (χ3v) is 7.27. The molecule has 0 unspecified atom stereocenters. The molecule has 0 saturated heterocycles. The number of pyridine rings is 1. The number of ether oxygens (including phenoxy) is 1. The predicted octanol–water partition coefficient (Wildman–Crippen LogP) is 8.90. The molecule has 0 N–H and O–H groups in total. The molecule has 0 bridgehead atoms. The van der Waals surface area contributed by atoms with Crippen LogP contribution in [0.5, 0.6) is 11.5 Å². The molecule has 0 saturated carbocycles. The van der Waals surface area contributed by atoms with Crippen LogP contribution in [0.3, 0.4) is 0 Å². The molecular weight excluding hydrogens is 714 g/mol. The molecule has 0 fully saturated rings. The minimum atomic E-state index is -2.28. The monoisotopic (exact) mass is 741 g/mol. The molecule has 0 aliphatic carbocycles. The van der Waals surface area contributed by atoms with Gasteiger partial charge >= 0.3 is 21.1 Å². The van der Waals surface area contributed by atoms with E-state index in [9.17, 15) is 0 Å². The number of aromatic nitrogens is 4. The summed E-state index contributed by atoms with van der Waals surface area (Å²) in [6, 6.07) is 30.9. The van der Waals surface area contributed by atoms with Crippen LogP contribution in [0.25, 0.3) is 49.5 Å². The van der Waals surface area contributed by atoms with Crippen molar-refractivity contribution in [1.82, 2.24) is 19.1 Å². The quantitative estimate of drug-likeness (QED) is 0.166. The van der Waals surface area contributed by atoms with E-state index in [1.165, 1.54) is 12.3 Å². The van der Waals surface area contributed by atoms with Gasteiger partial charge < -0.3 is 13.9 Å². The number of para-hydroxylation sites is 2. The van der Waals surface area contributed by atoms with Crippen molar-refractivity contribution in [2.45, 2.75) is 20.7 Å². The van der Waals surface area contributed by atoms with Gasteiger partial charge in [-0.05, 0) is 61.0 Å². The minimum Gasteiger partial charge on any atom is -0.504 e. The molecular formula is C36H25N5OPt. The van der Waals surface area contributed by atoms with Crippen molar-refractivity contribution in [3.63, 3.8) is 0 Å². The zero-order valence-electron chi connectivity index (χ0n) is 26.2. The molecule has 0 radical (unpaired) electrons. The molecule has 43 heavy (non-hydrogen) atoms. The van der Waals surface area contributed by atoms with Crippen LogP contribution in [-0.4, -0.2) is 19.1 Å². The van der Waals surface area contributed by atoms with Gasteiger partial charge in [-0.15, -0.1) is 29.1 Å². The van der Waals surface area contributed by atoms with Crippen molar-refractivity contribution < 1.29 is 29.9 Å². The van der Waals surface area contributed by atoms with Crippen LogP contribution in [0, 0.1) is 39.4 Å². The van der Waals surface area contributed by atoms with Crippen LogP contribution >= 0.6 is 0 Å². The third-order valence-electron chi connectivity index (χ3n) is 7.27. The fraction of sp³-hybridized carbons (Fsp3) is 0.0833. The Labute approximate surface area is 268 Å². The van der Waals surface area contributed by atoms with E-state index in [4.69, 9.17) is 15.4 Å². The van der Waals surface area contributed by atoms with Crippen LogP contribution in [0.15, 0.2) is 97.5 Å². The SMILES string of the molecule is [2H]C([2H])([2H])c1ccnc(-n2c3[c-]c(Oc4[c-]c(-c5nccn5-c5c(C)cccc5C)cc([N+]#[C-])c4)ccc3c3ccccc32)c1.[Pt+2]. The second-order valence-electron chi connectivity index (χ2n) is 10.0. The Morgan fingerprint density at radius 3 is 2.51 bits per heavy atom. The van der Waals surface area contributed by atoms with Crippen LogP contribution in [0.1, 0.15) is 20.8 Å². The summed E-state index contributed by atoms with van der Waals surface area (Å²) in [7, 11) is 0. The normalized spacial score (nSPS) is 12.3. The first kappa shape index (κ1) is 24.6. The fourth-order valence-electron chi connectivity index (χ4n) is 5.47. The zero-order chi connectivity index (χ0) is 31.3. The van der Waals surface area contributed by atoms with Crippen molar-refractivity contribution in [2.75, 3.05) is 0 Å². The smallest absolute Gasteiger partial charge is 0.504 e. The number of hydrogen-bond donors (Lipinski definition) is 0. The molecule has 3 heterocycles. The molecule has 6 nitrogen and oxygen atoms in total. The van der Waals surface area contributed by atoms with E-state index in [0.717, 1.165) is 33.1 Å². The number of fused-ring (bicyclic) bond motifs is 3. The first-order valence-corrected chi connectivity index (χ1v) is 13.4. The van der Waals surface area contributed by atoms with Crippen molar-refractivity contribution in [1.29, 1.82) is 0 Å². The van der Waals surface area contributed by atoms with E-state index >= 15 is 0 Å². The van der Waals surface area contributed by atoms with Crippen LogP contribution < -0.4 is 4.74 Å². The number of aryl methyl sites for hydroxylation is 3. The Kier molecular flexibility index (Phi) is 6.50. The number of rotatable bonds is 5. The maximum atomic E-state index is 7.90. The first-order chi connectivity index (χ1) is 21.7. The fourth-order valence-corrected chi connectivity index (χ4v) is 5.47. The van der Waals surface area contributed by atoms with Crippen molar-refractivity contribution in [3.05, 3.63) is 138 Å². The summed E-state index contributed by atoms with van der Waals surface area (Å²) in [6.45, 7) is 9.59. The van der Waals surface area contributed by atoms with Crippen molar-refractivity contribution >= 4 is 27.5 Å². The van der Waals surface area contributed by atoms with Gasteiger partial charge in [0.1, 0.15) is 11.5 Å². The van der Waals surface area contributed by atoms with Crippen molar-refractivity contribution in [3.8, 4) is 34.4 Å². The second-order valence-corrected chi connectivity index (χ2v) is 10.0. The summed E-state index contributed by atoms with van der Waals surface area (Å²) in [6.07, 6.45) is 5.14. The number of nitrogens with zero attached hydrogens (tertiary/aromatic N) is 5. The molecule has 0 aliphatic heterocycles. The van der Waals surface area contributed by atoms with Gasteiger partial charge in [-0.1, -0.05) is 54.0 Å². The van der Waals surface area contributed by atoms with Gasteiger partial charge in [0, 0.05) is 45.4 Å². The Morgan fingerprint density at radius 2 is 1.70 bits per heavy atom. The number of hydrogen-bond acceptors (Lipinski definition) is 3. The van der Waals surface area contributed by atoms with E-state index in [-0.39, 0.29) is 26.6 Å². The molecule has 210 valence electrons. The van der Waals surface area contributed by atoms with Crippen LogP contribution in [-0.2, 0) is 21.1 Å². The average Bonchev–Trinajstić information content (AvgIpc) is 3.63. The van der Waals surface area contributed by atoms with E-state index in [0.29, 0.717) is 39.9 Å². The van der Waals surface area contributed by atoms with Gasteiger partial charge in [0.05, 0.1) is 12.4 Å². The molecule has 7 rings (SSSR count). The molecule has 3 aromatic heterocycles. The first-order valence-electron chi connectivity index (χ1n) is 14.9. The number of benzene rings is 4. The van der Waals surface area contributed by atoms with Gasteiger partial charge in [-0.25, -0.2) is 4.98 Å². The van der Waals surface area contributed by atoms with Crippen LogP contribution in [0.4, 0.5) is 5.69 Å². The maximum Gasteiger partial charge on any atom is 2.00 e. The zero-order valence-corrected chi connectivity index (χ0v) is 25.5. The molecule has 7 heteroatoms. The molecule has 0 atom stereocenters.